The number of carbonyl (C=O) groups excluding carboxylic acids is 3. The van der Waals surface area contributed by atoms with Gasteiger partial charge in [-0.25, -0.2) is 4.79 Å². The lowest BCUT2D eigenvalue weighted by atomic mass is 9.85. The molecular formula is C38H49N3O11. The monoisotopic (exact) mass is 723 g/mol. The van der Waals surface area contributed by atoms with Crippen LogP contribution in [0.5, 0.6) is 5.75 Å². The van der Waals surface area contributed by atoms with Crippen LogP contribution in [-0.2, 0) is 34.4 Å². The lowest BCUT2D eigenvalue weighted by Crippen LogP contribution is -2.59. The molecule has 1 heterocycles. The highest BCUT2D eigenvalue weighted by Gasteiger charge is 2.37. The minimum atomic E-state index is -3.52. The van der Waals surface area contributed by atoms with Gasteiger partial charge in [0.2, 0.25) is 5.91 Å². The number of urea groups is 1. The number of benzene rings is 3. The van der Waals surface area contributed by atoms with Gasteiger partial charge in [-0.3, -0.25) is 9.59 Å². The molecule has 4 atom stereocenters. The van der Waals surface area contributed by atoms with E-state index in [-0.39, 0.29) is 37.1 Å². The Morgan fingerprint density at radius 3 is 1.92 bits per heavy atom. The molecule has 1 aliphatic heterocycles. The van der Waals surface area contributed by atoms with Crippen LogP contribution in [0.15, 0.2) is 78.9 Å². The molecule has 282 valence electrons. The van der Waals surface area contributed by atoms with Crippen molar-refractivity contribution < 1.29 is 54.9 Å². The number of nitrogens with one attached hydrogen (secondary N) is 2. The van der Waals surface area contributed by atoms with Gasteiger partial charge in [-0.05, 0) is 60.8 Å². The maximum atomic E-state index is 13.9. The highest BCUT2D eigenvalue weighted by atomic mass is 16.7. The number of nitrogens with zero attached hydrogens (tertiary/aromatic N) is 1. The molecule has 0 aliphatic carbocycles. The number of aliphatic hydroxyl groups excluding tert-OH is 1. The summed E-state index contributed by atoms with van der Waals surface area (Å²) in [6, 6.07) is 19.9. The highest BCUT2D eigenvalue weighted by Crippen LogP contribution is 2.35. The molecule has 3 amide bonds. The van der Waals surface area contributed by atoms with Gasteiger partial charge in [-0.2, -0.15) is 0 Å². The van der Waals surface area contributed by atoms with Crippen LogP contribution >= 0.6 is 0 Å². The summed E-state index contributed by atoms with van der Waals surface area (Å²) in [7, 11) is 0. The minimum absolute atomic E-state index is 0.0420. The standard InChI is InChI=1S/C38H49N3O11/c1-24(2)33(41-18-10-17-39-36(41)45)35(44)40-28(20-26-13-7-4-8-14-26)22-32(43)27(19-25-11-5-3-6-12-25)21-29(42)23-52-34-30(37(46,47)48)15-9-16-31(34)38(49,50)51/h3-9,11-16,24,27-28,32-33,43,46-51H,10,17-23H2,1-2H3,(H,39,45)(H,40,44). The van der Waals surface area contributed by atoms with Crippen molar-refractivity contribution in [1.29, 1.82) is 0 Å². The number of carbonyl (C=O) groups is 3. The Kier molecular flexibility index (Phi) is 13.9. The molecule has 1 aliphatic rings. The summed E-state index contributed by atoms with van der Waals surface area (Å²) in [6.07, 6.45) is -0.0531. The summed E-state index contributed by atoms with van der Waals surface area (Å²) in [5.74, 6) is -9.65. The number of ketones is 1. The Hall–Kier alpha value is -4.41. The molecule has 0 saturated carbocycles. The third-order valence-electron chi connectivity index (χ3n) is 9.04. The number of para-hydroxylation sites is 1. The van der Waals surface area contributed by atoms with Gasteiger partial charge in [0, 0.05) is 25.6 Å². The summed E-state index contributed by atoms with van der Waals surface area (Å²) < 4.78 is 5.46. The third kappa shape index (κ3) is 11.3. The number of hydrogen-bond acceptors (Lipinski definition) is 11. The van der Waals surface area contributed by atoms with Crippen molar-refractivity contribution in [2.75, 3.05) is 19.7 Å². The van der Waals surface area contributed by atoms with Gasteiger partial charge in [0.1, 0.15) is 18.4 Å². The molecular weight excluding hydrogens is 674 g/mol. The van der Waals surface area contributed by atoms with E-state index in [0.717, 1.165) is 29.3 Å². The van der Waals surface area contributed by atoms with Gasteiger partial charge in [0.15, 0.2) is 5.78 Å². The Balaban J connectivity index is 1.57. The van der Waals surface area contributed by atoms with E-state index in [9.17, 15) is 50.1 Å². The van der Waals surface area contributed by atoms with Crippen molar-refractivity contribution in [3.8, 4) is 5.75 Å². The molecule has 1 saturated heterocycles. The molecule has 1 fully saturated rings. The fraction of sp³-hybridized carbons (Fsp3) is 0.447. The number of rotatable bonds is 18. The summed E-state index contributed by atoms with van der Waals surface area (Å²) in [6.45, 7) is 3.91. The largest absolute Gasteiger partial charge is 0.485 e. The van der Waals surface area contributed by atoms with Crippen LogP contribution < -0.4 is 15.4 Å². The average molecular weight is 724 g/mol. The van der Waals surface area contributed by atoms with Crippen molar-refractivity contribution in [2.24, 2.45) is 11.8 Å². The number of ether oxygens (including phenoxy) is 1. The predicted octanol–water partition coefficient (Wildman–Crippen LogP) is 0.976. The molecule has 4 rings (SSSR count). The fourth-order valence-corrected chi connectivity index (χ4v) is 6.57. The first kappa shape index (κ1) is 40.4. The van der Waals surface area contributed by atoms with Crippen molar-refractivity contribution in [3.63, 3.8) is 0 Å². The molecule has 0 spiro atoms. The predicted molar refractivity (Wildman–Crippen MR) is 188 cm³/mol. The molecule has 14 heteroatoms. The van der Waals surface area contributed by atoms with E-state index in [1.165, 1.54) is 4.90 Å². The molecule has 3 aromatic rings. The van der Waals surface area contributed by atoms with Crippen LogP contribution in [-0.4, -0.2) is 96.3 Å². The Bertz CT molecular complexity index is 1590. The van der Waals surface area contributed by atoms with Crippen molar-refractivity contribution >= 4 is 17.7 Å². The fourth-order valence-electron chi connectivity index (χ4n) is 6.57. The third-order valence-corrected chi connectivity index (χ3v) is 9.04. The molecule has 0 radical (unpaired) electrons. The van der Waals surface area contributed by atoms with Crippen molar-refractivity contribution in [1.82, 2.24) is 15.5 Å². The first-order chi connectivity index (χ1) is 24.5. The van der Waals surface area contributed by atoms with Crippen LogP contribution in [0.3, 0.4) is 0 Å². The first-order valence-electron chi connectivity index (χ1n) is 17.3. The molecule has 3 aromatic carbocycles. The summed E-state index contributed by atoms with van der Waals surface area (Å²) in [5, 5.41) is 76.6. The van der Waals surface area contributed by atoms with Gasteiger partial charge in [0.05, 0.1) is 17.2 Å². The maximum absolute atomic E-state index is 13.9. The second-order valence-electron chi connectivity index (χ2n) is 13.6. The van der Waals surface area contributed by atoms with Crippen LogP contribution in [0.2, 0.25) is 0 Å². The van der Waals surface area contributed by atoms with Gasteiger partial charge in [-0.1, -0.05) is 80.6 Å². The van der Waals surface area contributed by atoms with Crippen LogP contribution in [0.25, 0.3) is 0 Å². The summed E-state index contributed by atoms with van der Waals surface area (Å²) >= 11 is 0. The molecule has 0 aromatic heterocycles. The minimum Gasteiger partial charge on any atom is -0.485 e. The molecule has 0 bridgehead atoms. The zero-order chi connectivity index (χ0) is 38.1. The number of hydrogen-bond donors (Lipinski definition) is 9. The molecule has 14 nitrogen and oxygen atoms in total. The summed E-state index contributed by atoms with van der Waals surface area (Å²) in [5.41, 5.74) is 0.197. The lowest BCUT2D eigenvalue weighted by Gasteiger charge is -2.37. The van der Waals surface area contributed by atoms with E-state index in [1.54, 1.807) is 0 Å². The smallest absolute Gasteiger partial charge is 0.318 e. The highest BCUT2D eigenvalue weighted by molar-refractivity contribution is 5.88. The quantitative estimate of drug-likeness (QED) is 0.0841. The van der Waals surface area contributed by atoms with Crippen LogP contribution in [0.1, 0.15) is 55.4 Å². The lowest BCUT2D eigenvalue weighted by molar-refractivity contribution is -0.328. The van der Waals surface area contributed by atoms with Gasteiger partial charge in [0.25, 0.3) is 0 Å². The van der Waals surface area contributed by atoms with Gasteiger partial charge < -0.3 is 56.0 Å². The Morgan fingerprint density at radius 1 is 0.846 bits per heavy atom. The van der Waals surface area contributed by atoms with E-state index in [1.807, 2.05) is 74.5 Å². The SMILES string of the molecule is CC(C)C(C(=O)NC(Cc1ccccc1)CC(O)C(CC(=O)COc1c(C(O)(O)O)cccc1C(O)(O)O)Cc1ccccc1)N1CCCNC1=O. The van der Waals surface area contributed by atoms with Crippen molar-refractivity contribution in [3.05, 3.63) is 101 Å². The Labute approximate surface area is 302 Å². The average Bonchev–Trinajstić information content (AvgIpc) is 3.07. The zero-order valence-corrected chi connectivity index (χ0v) is 29.3. The van der Waals surface area contributed by atoms with E-state index < -0.39 is 65.3 Å². The number of aliphatic hydroxyl groups is 7. The Morgan fingerprint density at radius 2 is 1.40 bits per heavy atom. The number of amides is 3. The van der Waals surface area contributed by atoms with E-state index in [0.29, 0.717) is 25.9 Å². The summed E-state index contributed by atoms with van der Waals surface area (Å²) in [4.78, 5) is 41.6. The molecule has 4 unspecified atom stereocenters. The van der Waals surface area contributed by atoms with Crippen molar-refractivity contribution in [2.45, 2.75) is 76.1 Å². The van der Waals surface area contributed by atoms with E-state index >= 15 is 0 Å². The second-order valence-corrected chi connectivity index (χ2v) is 13.6. The normalized spacial score (nSPS) is 16.1. The van der Waals surface area contributed by atoms with Crippen LogP contribution in [0.4, 0.5) is 4.79 Å². The van der Waals surface area contributed by atoms with Gasteiger partial charge >= 0.3 is 18.0 Å². The first-order valence-corrected chi connectivity index (χ1v) is 17.3. The molecule has 52 heavy (non-hydrogen) atoms. The molecule has 9 N–H and O–H groups in total. The second kappa shape index (κ2) is 17.9. The van der Waals surface area contributed by atoms with Gasteiger partial charge in [-0.15, -0.1) is 0 Å². The van der Waals surface area contributed by atoms with Crippen LogP contribution in [0, 0.1) is 11.8 Å². The van der Waals surface area contributed by atoms with E-state index in [4.69, 9.17) is 4.74 Å². The van der Waals surface area contributed by atoms with E-state index in [2.05, 4.69) is 10.6 Å². The zero-order valence-electron chi connectivity index (χ0n) is 29.3. The topological polar surface area (TPSA) is 229 Å². The number of Topliss-reactive ketones (excluding diaryl/α,β-unsaturated/α-hetero) is 1. The maximum Gasteiger partial charge on any atom is 0.318 e.